The van der Waals surface area contributed by atoms with E-state index >= 15 is 0 Å². The Kier molecular flexibility index (Phi) is 13.8. The number of benzene rings is 4. The first-order chi connectivity index (χ1) is 26.4. The molecule has 282 valence electrons. The van der Waals surface area contributed by atoms with Gasteiger partial charge in [-0.3, -0.25) is 14.8 Å². The second-order valence-corrected chi connectivity index (χ2v) is 14.1. The number of carbonyl (C=O) groups excluding carboxylic acids is 2. The van der Waals surface area contributed by atoms with Crippen LogP contribution in [0.4, 0.5) is 0 Å². The lowest BCUT2D eigenvalue weighted by atomic mass is 9.99. The Morgan fingerprint density at radius 2 is 1.54 bits per heavy atom. The number of aliphatic hydroxyl groups excluding tert-OH is 1. The van der Waals surface area contributed by atoms with Crippen LogP contribution in [-0.2, 0) is 32.2 Å². The number of phenols is 1. The van der Waals surface area contributed by atoms with Crippen LogP contribution in [0, 0.1) is 0 Å². The molecule has 54 heavy (non-hydrogen) atoms. The molecule has 5 aromatic rings. The molecule has 0 bridgehead atoms. The van der Waals surface area contributed by atoms with E-state index in [0.717, 1.165) is 58.3 Å². The molecule has 1 aliphatic rings. The average Bonchev–Trinajstić information content (AvgIpc) is 3.69. The van der Waals surface area contributed by atoms with Crippen molar-refractivity contribution >= 4 is 23.6 Å². The van der Waals surface area contributed by atoms with E-state index in [-0.39, 0.29) is 42.8 Å². The van der Waals surface area contributed by atoms with Crippen molar-refractivity contribution in [2.24, 2.45) is 0 Å². The zero-order valence-electron chi connectivity index (χ0n) is 29.7. The van der Waals surface area contributed by atoms with Crippen LogP contribution in [0.25, 0.3) is 16.8 Å². The zero-order chi connectivity index (χ0) is 37.7. The van der Waals surface area contributed by atoms with Gasteiger partial charge in [-0.25, -0.2) is 5.48 Å². The minimum atomic E-state index is -0.629. The van der Waals surface area contributed by atoms with E-state index in [4.69, 9.17) is 14.7 Å². The number of thioether (sulfide) groups is 1. The third kappa shape index (κ3) is 10.7. The second kappa shape index (κ2) is 19.3. The molecule has 0 radical (unpaired) electrons. The molecule has 13 nitrogen and oxygen atoms in total. The van der Waals surface area contributed by atoms with Gasteiger partial charge in [-0.1, -0.05) is 91.3 Å². The molecule has 2 heterocycles. The summed E-state index contributed by atoms with van der Waals surface area (Å²) in [5, 5.41) is 43.7. The van der Waals surface area contributed by atoms with Crippen molar-refractivity contribution in [2.45, 2.75) is 81.8 Å². The predicted molar refractivity (Wildman–Crippen MR) is 201 cm³/mol. The number of unbranched alkanes of at least 4 members (excludes halogenated alkanes) is 3. The predicted octanol–water partition coefficient (Wildman–Crippen LogP) is 6.33. The van der Waals surface area contributed by atoms with Crippen LogP contribution in [0.5, 0.6) is 5.75 Å². The second-order valence-electron chi connectivity index (χ2n) is 13.1. The molecule has 2 amide bonds. The molecular formula is C40H44N6O7S. The van der Waals surface area contributed by atoms with E-state index in [2.05, 4.69) is 26.9 Å². The highest BCUT2D eigenvalue weighted by Crippen LogP contribution is 2.40. The summed E-state index contributed by atoms with van der Waals surface area (Å²) in [6.45, 7) is 0.390. The van der Waals surface area contributed by atoms with E-state index in [0.29, 0.717) is 36.7 Å². The van der Waals surface area contributed by atoms with Gasteiger partial charge >= 0.3 is 0 Å². The van der Waals surface area contributed by atoms with Gasteiger partial charge in [-0.15, -0.1) is 5.10 Å². The van der Waals surface area contributed by atoms with Gasteiger partial charge in [-0.2, -0.15) is 4.68 Å². The summed E-state index contributed by atoms with van der Waals surface area (Å²) in [4.78, 5) is 23.5. The van der Waals surface area contributed by atoms with E-state index in [1.807, 2.05) is 66.7 Å². The van der Waals surface area contributed by atoms with Crippen LogP contribution in [0.3, 0.4) is 0 Å². The number of rotatable bonds is 17. The number of amides is 2. The smallest absolute Gasteiger partial charge is 0.243 e. The number of nitrogens with one attached hydrogen (secondary N) is 2. The number of carbonyl (C=O) groups is 2. The third-order valence-electron chi connectivity index (χ3n) is 9.16. The van der Waals surface area contributed by atoms with Crippen molar-refractivity contribution in [3.63, 3.8) is 0 Å². The molecule has 3 atom stereocenters. The summed E-state index contributed by atoms with van der Waals surface area (Å²) in [5.74, 6) is 0.324. The van der Waals surface area contributed by atoms with Gasteiger partial charge in [0.15, 0.2) is 6.29 Å². The molecule has 1 aliphatic heterocycles. The van der Waals surface area contributed by atoms with Gasteiger partial charge in [0.25, 0.3) is 0 Å². The molecule has 0 saturated carbocycles. The molecule has 5 N–H and O–H groups in total. The minimum absolute atomic E-state index is 0.0133. The highest BCUT2D eigenvalue weighted by atomic mass is 32.2. The van der Waals surface area contributed by atoms with Crippen LogP contribution in [0.1, 0.15) is 79.6 Å². The van der Waals surface area contributed by atoms with E-state index in [9.17, 15) is 19.8 Å². The lowest BCUT2D eigenvalue weighted by Gasteiger charge is -2.36. The summed E-state index contributed by atoms with van der Waals surface area (Å²) < 4.78 is 14.7. The molecular weight excluding hydrogens is 709 g/mol. The lowest BCUT2D eigenvalue weighted by Crippen LogP contribution is -2.31. The van der Waals surface area contributed by atoms with Gasteiger partial charge < -0.3 is 25.0 Å². The van der Waals surface area contributed by atoms with Crippen molar-refractivity contribution in [3.05, 3.63) is 119 Å². The van der Waals surface area contributed by atoms with E-state index in [1.165, 1.54) is 11.8 Å². The number of hydrogen-bond donors (Lipinski definition) is 5. The Bertz CT molecular complexity index is 1960. The summed E-state index contributed by atoms with van der Waals surface area (Å²) in [7, 11) is 0. The fourth-order valence-corrected chi connectivity index (χ4v) is 7.09. The SMILES string of the molecule is O=C(CCCCCCC(=O)NCc1cccc(-c2ccc([C@H]3O[C@@H](CSc4nnnn4-c4ccc(O)cc4)C[C@@H](c4ccc(CO)cc4)O3)cc2)c1)NO. The molecule has 0 spiro atoms. The Morgan fingerprint density at radius 3 is 2.26 bits per heavy atom. The Balaban J connectivity index is 1.08. The fourth-order valence-electron chi connectivity index (χ4n) is 6.18. The topological polar surface area (TPSA) is 181 Å². The van der Waals surface area contributed by atoms with E-state index < -0.39 is 6.29 Å². The van der Waals surface area contributed by atoms with Gasteiger partial charge in [-0.05, 0) is 81.4 Å². The lowest BCUT2D eigenvalue weighted by molar-refractivity contribution is -0.245. The Hall–Kier alpha value is -5.12. The number of aromatic nitrogens is 4. The molecule has 1 saturated heterocycles. The molecule has 1 aromatic heterocycles. The third-order valence-corrected chi connectivity index (χ3v) is 10.2. The van der Waals surface area contributed by atoms with Crippen molar-refractivity contribution in [1.29, 1.82) is 0 Å². The number of phenolic OH excluding ortho intramolecular Hbond substituents is 1. The molecule has 14 heteroatoms. The summed E-state index contributed by atoms with van der Waals surface area (Å²) in [5.41, 5.74) is 8.09. The number of ether oxygens (including phenoxy) is 2. The number of aliphatic hydroxyl groups is 1. The minimum Gasteiger partial charge on any atom is -0.508 e. The molecule has 0 unspecified atom stereocenters. The highest BCUT2D eigenvalue weighted by molar-refractivity contribution is 7.99. The highest BCUT2D eigenvalue weighted by Gasteiger charge is 2.32. The van der Waals surface area contributed by atoms with Crippen LogP contribution in [-0.4, -0.2) is 59.3 Å². The van der Waals surface area contributed by atoms with Crippen molar-refractivity contribution in [3.8, 4) is 22.6 Å². The maximum absolute atomic E-state index is 12.4. The van der Waals surface area contributed by atoms with Crippen LogP contribution >= 0.6 is 11.8 Å². The largest absolute Gasteiger partial charge is 0.508 e. The summed E-state index contributed by atoms with van der Waals surface area (Å²) in [6.07, 6.45) is 3.32. The number of nitrogens with zero attached hydrogens (tertiary/aromatic N) is 4. The number of hydroxylamine groups is 1. The zero-order valence-corrected chi connectivity index (χ0v) is 30.5. The van der Waals surface area contributed by atoms with Gasteiger partial charge in [0.2, 0.25) is 17.0 Å². The molecule has 6 rings (SSSR count). The Labute approximate surface area is 317 Å². The Morgan fingerprint density at radius 1 is 0.815 bits per heavy atom. The van der Waals surface area contributed by atoms with Crippen LogP contribution in [0.15, 0.2) is 102 Å². The normalized spacial score (nSPS) is 16.9. The van der Waals surface area contributed by atoms with Crippen molar-refractivity contribution < 1.29 is 34.5 Å². The molecule has 1 fully saturated rings. The van der Waals surface area contributed by atoms with Crippen molar-refractivity contribution in [2.75, 3.05) is 5.75 Å². The molecule has 0 aliphatic carbocycles. The molecule has 4 aromatic carbocycles. The first kappa shape index (κ1) is 38.6. The number of hydrogen-bond acceptors (Lipinski definition) is 11. The van der Waals surface area contributed by atoms with Crippen molar-refractivity contribution in [1.82, 2.24) is 31.0 Å². The van der Waals surface area contributed by atoms with E-state index in [1.54, 1.807) is 34.4 Å². The summed E-state index contributed by atoms with van der Waals surface area (Å²) >= 11 is 1.48. The maximum Gasteiger partial charge on any atom is 0.243 e. The standard InChI is InChI=1S/C40H44N6O7S/c47-25-27-10-12-30(13-11-27)36-23-35(26-54-40-42-44-45-46(40)33-18-20-34(48)21-19-33)52-39(53-36)31-16-14-29(15-17-31)32-7-5-6-28(22-32)24-41-37(49)8-3-1-2-4-9-38(50)43-51/h5-7,10-22,35-36,39,47-48,51H,1-4,8-9,23-26H2,(H,41,49)(H,43,50)/t35-,36+,39+/m1/s1. The first-order valence-electron chi connectivity index (χ1n) is 18.0. The van der Waals surface area contributed by atoms with Crippen LogP contribution in [0.2, 0.25) is 0 Å². The first-order valence-corrected chi connectivity index (χ1v) is 19.0. The number of tetrazole rings is 1. The maximum atomic E-state index is 12.4. The fraction of sp³-hybridized carbons (Fsp3) is 0.325. The van der Waals surface area contributed by atoms with Gasteiger partial charge in [0.05, 0.1) is 24.5 Å². The van der Waals surface area contributed by atoms with Gasteiger partial charge in [0.1, 0.15) is 5.75 Å². The van der Waals surface area contributed by atoms with Crippen LogP contribution < -0.4 is 10.8 Å². The number of aromatic hydroxyl groups is 1. The average molecular weight is 753 g/mol. The van der Waals surface area contributed by atoms with Gasteiger partial charge in [0, 0.05) is 37.1 Å². The monoisotopic (exact) mass is 752 g/mol. The summed E-state index contributed by atoms with van der Waals surface area (Å²) in [6, 6.07) is 30.6. The quantitative estimate of drug-likeness (QED) is 0.0310.